The van der Waals surface area contributed by atoms with Gasteiger partial charge in [-0.3, -0.25) is 4.98 Å². The molecule has 2 heterocycles. The number of benzene rings is 2. The van der Waals surface area contributed by atoms with E-state index < -0.39 is 0 Å². The van der Waals surface area contributed by atoms with Crippen molar-refractivity contribution in [3.05, 3.63) is 84.7 Å². The molecule has 2 amide bonds. The highest BCUT2D eigenvalue weighted by Gasteiger charge is 2.22. The first kappa shape index (κ1) is 20.4. The molecule has 4 rings (SSSR count). The molecule has 0 saturated heterocycles. The number of ether oxygens (including phenoxy) is 1. The van der Waals surface area contributed by atoms with Gasteiger partial charge in [-0.05, 0) is 23.3 Å². The topological polar surface area (TPSA) is 84.8 Å². The van der Waals surface area contributed by atoms with Gasteiger partial charge in [0.15, 0.2) is 6.10 Å². The van der Waals surface area contributed by atoms with E-state index in [2.05, 4.69) is 32.9 Å². The Labute approximate surface area is 181 Å². The van der Waals surface area contributed by atoms with Crippen molar-refractivity contribution in [1.29, 1.82) is 0 Å². The fraction of sp³-hybridized carbons (Fsp3) is 0.208. The molecule has 1 aliphatic rings. The zero-order chi connectivity index (χ0) is 21.3. The van der Waals surface area contributed by atoms with E-state index in [9.17, 15) is 4.79 Å². The molecular formula is C24H24N4O3. The Hall–Kier alpha value is -3.87. The third kappa shape index (κ3) is 5.82. The molecule has 0 aliphatic carbocycles. The average molecular weight is 416 g/mol. The van der Waals surface area contributed by atoms with Gasteiger partial charge < -0.3 is 20.2 Å². The largest absolute Gasteiger partial charge is 0.489 e. The Morgan fingerprint density at radius 1 is 1.00 bits per heavy atom. The van der Waals surface area contributed by atoms with Crippen molar-refractivity contribution in [2.75, 3.05) is 13.2 Å². The molecular weight excluding hydrogens is 392 g/mol. The lowest BCUT2D eigenvalue weighted by atomic mass is 10.0. The minimum absolute atomic E-state index is 0.181. The molecule has 158 valence electrons. The van der Waals surface area contributed by atoms with E-state index in [4.69, 9.17) is 9.57 Å². The molecule has 0 radical (unpaired) electrons. The summed E-state index contributed by atoms with van der Waals surface area (Å²) in [4.78, 5) is 21.5. The standard InChI is InChI=1S/C24H24N4O3/c29-24(26-15-18-7-6-12-25-14-18)27-16-20-13-21(31-28-20)17-30-23-11-5-4-10-22(23)19-8-2-1-3-9-19/h1-12,14,21H,13,15-17H2,(H2,26,27,29). The van der Waals surface area contributed by atoms with Crippen LogP contribution in [0.2, 0.25) is 0 Å². The Balaban J connectivity index is 1.21. The van der Waals surface area contributed by atoms with Crippen LogP contribution >= 0.6 is 0 Å². The van der Waals surface area contributed by atoms with Crippen LogP contribution in [0.4, 0.5) is 4.79 Å². The number of urea groups is 1. The van der Waals surface area contributed by atoms with Gasteiger partial charge in [0.1, 0.15) is 12.4 Å². The molecule has 0 saturated carbocycles. The molecule has 31 heavy (non-hydrogen) atoms. The van der Waals surface area contributed by atoms with E-state index >= 15 is 0 Å². The number of aromatic nitrogens is 1. The fourth-order valence-electron chi connectivity index (χ4n) is 3.24. The van der Waals surface area contributed by atoms with Gasteiger partial charge in [0.05, 0.1) is 12.3 Å². The lowest BCUT2D eigenvalue weighted by Crippen LogP contribution is -2.38. The summed E-state index contributed by atoms with van der Waals surface area (Å²) in [6.45, 7) is 1.12. The summed E-state index contributed by atoms with van der Waals surface area (Å²) in [7, 11) is 0. The number of carbonyl (C=O) groups excluding carboxylic acids is 1. The van der Waals surface area contributed by atoms with Crippen LogP contribution in [0.5, 0.6) is 5.75 Å². The number of amides is 2. The van der Waals surface area contributed by atoms with E-state index in [1.54, 1.807) is 12.4 Å². The first-order chi connectivity index (χ1) is 15.3. The predicted molar refractivity (Wildman–Crippen MR) is 119 cm³/mol. The number of pyridine rings is 1. The molecule has 1 aliphatic heterocycles. The van der Waals surface area contributed by atoms with E-state index in [-0.39, 0.29) is 12.1 Å². The summed E-state index contributed by atoms with van der Waals surface area (Å²) in [6.07, 6.45) is 3.84. The lowest BCUT2D eigenvalue weighted by molar-refractivity contribution is 0.0472. The van der Waals surface area contributed by atoms with Gasteiger partial charge in [-0.1, -0.05) is 59.8 Å². The van der Waals surface area contributed by atoms with Crippen molar-refractivity contribution in [2.45, 2.75) is 19.1 Å². The van der Waals surface area contributed by atoms with Crippen LogP contribution in [0.3, 0.4) is 0 Å². The molecule has 1 unspecified atom stereocenters. The first-order valence-corrected chi connectivity index (χ1v) is 10.2. The van der Waals surface area contributed by atoms with Crippen molar-refractivity contribution in [3.8, 4) is 16.9 Å². The minimum atomic E-state index is -0.261. The summed E-state index contributed by atoms with van der Waals surface area (Å²) < 4.78 is 6.03. The number of carbonyl (C=O) groups is 1. The second-order valence-electron chi connectivity index (χ2n) is 7.16. The van der Waals surface area contributed by atoms with Gasteiger partial charge in [-0.15, -0.1) is 0 Å². The van der Waals surface area contributed by atoms with Gasteiger partial charge in [0, 0.05) is 30.9 Å². The zero-order valence-electron chi connectivity index (χ0n) is 17.0. The molecule has 2 aromatic carbocycles. The van der Waals surface area contributed by atoms with Crippen LogP contribution in [0.25, 0.3) is 11.1 Å². The Morgan fingerprint density at radius 2 is 1.81 bits per heavy atom. The van der Waals surface area contributed by atoms with E-state index in [1.807, 2.05) is 54.6 Å². The van der Waals surface area contributed by atoms with Gasteiger partial charge in [-0.2, -0.15) is 0 Å². The predicted octanol–water partition coefficient (Wildman–Crippen LogP) is 3.77. The summed E-state index contributed by atoms with van der Waals surface area (Å²) in [5.41, 5.74) is 3.85. The van der Waals surface area contributed by atoms with Gasteiger partial charge in [0.2, 0.25) is 0 Å². The van der Waals surface area contributed by atoms with Crippen LogP contribution in [0.15, 0.2) is 84.3 Å². The number of nitrogens with zero attached hydrogens (tertiary/aromatic N) is 2. The molecule has 7 heteroatoms. The summed E-state index contributed by atoms with van der Waals surface area (Å²) in [5, 5.41) is 9.67. The maximum Gasteiger partial charge on any atom is 0.315 e. The Bertz CT molecular complexity index is 1030. The van der Waals surface area contributed by atoms with Crippen LogP contribution in [-0.4, -0.2) is 36.0 Å². The molecule has 0 spiro atoms. The molecule has 0 fully saturated rings. The second-order valence-corrected chi connectivity index (χ2v) is 7.16. The average Bonchev–Trinajstić information content (AvgIpc) is 3.29. The number of oxime groups is 1. The fourth-order valence-corrected chi connectivity index (χ4v) is 3.24. The number of nitrogens with one attached hydrogen (secondary N) is 2. The van der Waals surface area contributed by atoms with E-state index in [0.29, 0.717) is 26.1 Å². The van der Waals surface area contributed by atoms with Gasteiger partial charge in [-0.25, -0.2) is 4.79 Å². The number of para-hydroxylation sites is 1. The highest BCUT2D eigenvalue weighted by molar-refractivity contribution is 5.90. The van der Waals surface area contributed by atoms with Crippen LogP contribution in [0.1, 0.15) is 12.0 Å². The summed E-state index contributed by atoms with van der Waals surface area (Å²) >= 11 is 0. The number of hydrogen-bond acceptors (Lipinski definition) is 5. The molecule has 3 aromatic rings. The summed E-state index contributed by atoms with van der Waals surface area (Å²) in [6, 6.07) is 21.5. The highest BCUT2D eigenvalue weighted by Crippen LogP contribution is 2.30. The van der Waals surface area contributed by atoms with Crippen molar-refractivity contribution < 1.29 is 14.4 Å². The Morgan fingerprint density at radius 3 is 2.65 bits per heavy atom. The maximum atomic E-state index is 12.0. The number of rotatable bonds is 8. The minimum Gasteiger partial charge on any atom is -0.489 e. The maximum absolute atomic E-state index is 12.0. The summed E-state index contributed by atoms with van der Waals surface area (Å²) in [5.74, 6) is 0.804. The molecule has 7 nitrogen and oxygen atoms in total. The monoisotopic (exact) mass is 416 g/mol. The van der Waals surface area contributed by atoms with E-state index in [1.165, 1.54) is 0 Å². The SMILES string of the molecule is O=C(NCC1=NOC(COc2ccccc2-c2ccccc2)C1)NCc1cccnc1. The number of hydrogen-bond donors (Lipinski definition) is 2. The quantitative estimate of drug-likeness (QED) is 0.585. The zero-order valence-corrected chi connectivity index (χ0v) is 17.0. The van der Waals surface area contributed by atoms with Crippen LogP contribution in [0, 0.1) is 0 Å². The third-order valence-corrected chi connectivity index (χ3v) is 4.82. The van der Waals surface area contributed by atoms with Crippen molar-refractivity contribution in [3.63, 3.8) is 0 Å². The van der Waals surface area contributed by atoms with Crippen LogP contribution < -0.4 is 15.4 Å². The molecule has 2 N–H and O–H groups in total. The normalized spacial score (nSPS) is 15.0. The van der Waals surface area contributed by atoms with Crippen LogP contribution in [-0.2, 0) is 11.4 Å². The third-order valence-electron chi connectivity index (χ3n) is 4.82. The van der Waals surface area contributed by atoms with Gasteiger partial charge in [0.25, 0.3) is 0 Å². The second kappa shape index (κ2) is 10.2. The first-order valence-electron chi connectivity index (χ1n) is 10.2. The van der Waals surface area contributed by atoms with Crippen molar-refractivity contribution in [2.24, 2.45) is 5.16 Å². The smallest absolute Gasteiger partial charge is 0.315 e. The van der Waals surface area contributed by atoms with Gasteiger partial charge >= 0.3 is 6.03 Å². The molecule has 0 bridgehead atoms. The molecule has 1 atom stereocenters. The molecule has 1 aromatic heterocycles. The van der Waals surface area contributed by atoms with Crippen molar-refractivity contribution in [1.82, 2.24) is 15.6 Å². The highest BCUT2D eigenvalue weighted by atomic mass is 16.7. The Kier molecular flexibility index (Phi) is 6.74. The lowest BCUT2D eigenvalue weighted by Gasteiger charge is -2.14. The van der Waals surface area contributed by atoms with Crippen molar-refractivity contribution >= 4 is 11.7 Å². The van der Waals surface area contributed by atoms with E-state index in [0.717, 1.165) is 28.2 Å².